The molecule has 1 amide bonds. The van der Waals surface area contributed by atoms with Gasteiger partial charge in [0.25, 0.3) is 5.91 Å². The van der Waals surface area contributed by atoms with Crippen LogP contribution in [-0.4, -0.2) is 35.0 Å². The normalized spacial score (nSPS) is 22.0. The predicted octanol–water partition coefficient (Wildman–Crippen LogP) is 2.87. The largest absolute Gasteiger partial charge is 0.481 e. The molecule has 1 fully saturated rings. The molecule has 5 nitrogen and oxygen atoms in total. The van der Waals surface area contributed by atoms with Crippen LogP contribution in [0.3, 0.4) is 0 Å². The van der Waals surface area contributed by atoms with Crippen LogP contribution in [0.4, 0.5) is 0 Å². The molecule has 1 aromatic heterocycles. The van der Waals surface area contributed by atoms with Crippen molar-refractivity contribution in [1.82, 2.24) is 4.90 Å². The van der Waals surface area contributed by atoms with Gasteiger partial charge < -0.3 is 14.4 Å². The van der Waals surface area contributed by atoms with Crippen molar-refractivity contribution in [3.63, 3.8) is 0 Å². The molecule has 1 aromatic rings. The van der Waals surface area contributed by atoms with Crippen LogP contribution in [0.25, 0.3) is 0 Å². The van der Waals surface area contributed by atoms with Crippen molar-refractivity contribution in [2.45, 2.75) is 52.0 Å². The van der Waals surface area contributed by atoms with E-state index in [0.717, 1.165) is 19.3 Å². The molecule has 0 spiro atoms. The summed E-state index contributed by atoms with van der Waals surface area (Å²) in [6, 6.07) is 0.221. The fourth-order valence-corrected chi connectivity index (χ4v) is 3.25. The average Bonchev–Trinajstić information content (AvgIpc) is 2.78. The highest BCUT2D eigenvalue weighted by Gasteiger charge is 2.31. The molecule has 0 bridgehead atoms. The molecule has 0 aliphatic heterocycles. The molecule has 0 saturated heterocycles. The van der Waals surface area contributed by atoms with Gasteiger partial charge in [0.1, 0.15) is 12.2 Å². The fourth-order valence-electron chi connectivity index (χ4n) is 3.25. The number of hydrogen-bond donors (Lipinski definition) is 1. The van der Waals surface area contributed by atoms with Crippen molar-refractivity contribution in [2.24, 2.45) is 5.92 Å². The quantitative estimate of drug-likeness (QED) is 0.926. The molecule has 5 heteroatoms. The number of aryl methyl sites for hydroxylation is 1. The SMILES string of the molecule is Cc1coc(CC(=O)O)c1C(=O)N(C)C1CCCCC1C. The van der Waals surface area contributed by atoms with E-state index in [1.807, 2.05) is 7.05 Å². The smallest absolute Gasteiger partial charge is 0.311 e. The summed E-state index contributed by atoms with van der Waals surface area (Å²) in [7, 11) is 1.81. The van der Waals surface area contributed by atoms with Crippen LogP contribution in [0.1, 0.15) is 54.3 Å². The molecule has 1 N–H and O–H groups in total. The van der Waals surface area contributed by atoms with Crippen LogP contribution < -0.4 is 0 Å². The van der Waals surface area contributed by atoms with Gasteiger partial charge in [0.15, 0.2) is 0 Å². The maximum Gasteiger partial charge on any atom is 0.311 e. The van der Waals surface area contributed by atoms with Crippen LogP contribution in [-0.2, 0) is 11.2 Å². The Kier molecular flexibility index (Phi) is 4.70. The zero-order valence-corrected chi connectivity index (χ0v) is 12.9. The third-order valence-electron chi connectivity index (χ3n) is 4.46. The maximum absolute atomic E-state index is 12.7. The van der Waals surface area contributed by atoms with E-state index in [-0.39, 0.29) is 24.1 Å². The van der Waals surface area contributed by atoms with Gasteiger partial charge >= 0.3 is 5.97 Å². The lowest BCUT2D eigenvalue weighted by Crippen LogP contribution is -2.43. The van der Waals surface area contributed by atoms with Gasteiger partial charge in [0.05, 0.1) is 11.8 Å². The molecule has 21 heavy (non-hydrogen) atoms. The minimum Gasteiger partial charge on any atom is -0.481 e. The van der Waals surface area contributed by atoms with Crippen molar-refractivity contribution in [3.05, 3.63) is 23.2 Å². The molecule has 0 radical (unpaired) electrons. The number of carbonyl (C=O) groups is 2. The van der Waals surface area contributed by atoms with Gasteiger partial charge in [-0.05, 0) is 25.7 Å². The summed E-state index contributed by atoms with van der Waals surface area (Å²) < 4.78 is 5.26. The van der Waals surface area contributed by atoms with Crippen LogP contribution in [0.15, 0.2) is 10.7 Å². The maximum atomic E-state index is 12.7. The Morgan fingerprint density at radius 2 is 2.05 bits per heavy atom. The number of rotatable bonds is 4. The van der Waals surface area contributed by atoms with E-state index in [0.29, 0.717) is 17.0 Å². The van der Waals surface area contributed by atoms with Crippen molar-refractivity contribution >= 4 is 11.9 Å². The molecular formula is C16H23NO4. The van der Waals surface area contributed by atoms with Crippen LogP contribution >= 0.6 is 0 Å². The first kappa shape index (κ1) is 15.6. The number of furan rings is 1. The summed E-state index contributed by atoms with van der Waals surface area (Å²) in [6.45, 7) is 3.95. The summed E-state index contributed by atoms with van der Waals surface area (Å²) in [6.07, 6.45) is 5.70. The fraction of sp³-hybridized carbons (Fsp3) is 0.625. The number of carboxylic acid groups (broad SMARTS) is 1. The van der Waals surface area contributed by atoms with Gasteiger partial charge in [-0.25, -0.2) is 0 Å². The van der Waals surface area contributed by atoms with E-state index >= 15 is 0 Å². The van der Waals surface area contributed by atoms with Gasteiger partial charge in [-0.15, -0.1) is 0 Å². The van der Waals surface area contributed by atoms with Crippen molar-refractivity contribution in [2.75, 3.05) is 7.05 Å². The lowest BCUT2D eigenvalue weighted by atomic mass is 9.85. The summed E-state index contributed by atoms with van der Waals surface area (Å²) in [4.78, 5) is 25.4. The van der Waals surface area contributed by atoms with Crippen molar-refractivity contribution < 1.29 is 19.1 Å². The first-order valence-electron chi connectivity index (χ1n) is 7.47. The molecule has 1 heterocycles. The molecule has 1 aliphatic rings. The minimum absolute atomic E-state index is 0.128. The Morgan fingerprint density at radius 3 is 2.67 bits per heavy atom. The van der Waals surface area contributed by atoms with Gasteiger partial charge in [0.2, 0.25) is 0 Å². The van der Waals surface area contributed by atoms with E-state index in [1.54, 1.807) is 11.8 Å². The Labute approximate surface area is 124 Å². The van der Waals surface area contributed by atoms with Crippen molar-refractivity contribution in [3.8, 4) is 0 Å². The highest BCUT2D eigenvalue weighted by atomic mass is 16.4. The highest BCUT2D eigenvalue weighted by Crippen LogP contribution is 2.29. The third kappa shape index (κ3) is 3.28. The molecule has 1 aliphatic carbocycles. The molecule has 2 atom stereocenters. The average molecular weight is 293 g/mol. The standard InChI is InChI=1S/C16H23NO4/c1-10-6-4-5-7-12(10)17(3)16(20)15-11(2)9-21-13(15)8-14(18)19/h9-10,12H,4-8H2,1-3H3,(H,18,19). The Balaban J connectivity index is 2.22. The summed E-state index contributed by atoms with van der Waals surface area (Å²) >= 11 is 0. The predicted molar refractivity (Wildman–Crippen MR) is 78.3 cm³/mol. The van der Waals surface area contributed by atoms with E-state index in [4.69, 9.17) is 9.52 Å². The van der Waals surface area contributed by atoms with E-state index in [1.165, 1.54) is 12.7 Å². The molecule has 2 unspecified atom stereocenters. The summed E-state index contributed by atoms with van der Waals surface area (Å²) in [5.74, 6) is -0.397. The van der Waals surface area contributed by atoms with Gasteiger partial charge in [-0.2, -0.15) is 0 Å². The number of carboxylic acids is 1. The second-order valence-corrected chi connectivity index (χ2v) is 6.03. The molecule has 1 saturated carbocycles. The van der Waals surface area contributed by atoms with Gasteiger partial charge in [-0.3, -0.25) is 9.59 Å². The molecule has 116 valence electrons. The van der Waals surface area contributed by atoms with Crippen LogP contribution in [0.2, 0.25) is 0 Å². The second-order valence-electron chi connectivity index (χ2n) is 6.03. The zero-order valence-electron chi connectivity index (χ0n) is 12.9. The lowest BCUT2D eigenvalue weighted by molar-refractivity contribution is -0.136. The monoisotopic (exact) mass is 293 g/mol. The molecular weight excluding hydrogens is 270 g/mol. The number of carbonyl (C=O) groups excluding carboxylic acids is 1. The summed E-state index contributed by atoms with van der Waals surface area (Å²) in [5, 5.41) is 8.93. The first-order chi connectivity index (χ1) is 9.91. The lowest BCUT2D eigenvalue weighted by Gasteiger charge is -2.36. The van der Waals surface area contributed by atoms with Gasteiger partial charge in [0, 0.05) is 18.7 Å². The number of amides is 1. The third-order valence-corrected chi connectivity index (χ3v) is 4.46. The minimum atomic E-state index is -0.993. The highest BCUT2D eigenvalue weighted by molar-refractivity contribution is 5.97. The number of nitrogens with zero attached hydrogens (tertiary/aromatic N) is 1. The first-order valence-corrected chi connectivity index (χ1v) is 7.47. The number of hydrogen-bond acceptors (Lipinski definition) is 3. The summed E-state index contributed by atoms with van der Waals surface area (Å²) in [5.41, 5.74) is 1.12. The Morgan fingerprint density at radius 1 is 1.38 bits per heavy atom. The van der Waals surface area contributed by atoms with E-state index < -0.39 is 5.97 Å². The van der Waals surface area contributed by atoms with E-state index in [2.05, 4.69) is 6.92 Å². The topological polar surface area (TPSA) is 70.7 Å². The zero-order chi connectivity index (χ0) is 15.6. The van der Waals surface area contributed by atoms with Crippen LogP contribution in [0.5, 0.6) is 0 Å². The Hall–Kier alpha value is -1.78. The van der Waals surface area contributed by atoms with E-state index in [9.17, 15) is 9.59 Å². The second kappa shape index (κ2) is 6.33. The Bertz CT molecular complexity index is 534. The van der Waals surface area contributed by atoms with Crippen LogP contribution in [0, 0.1) is 12.8 Å². The molecule has 2 rings (SSSR count). The van der Waals surface area contributed by atoms with Crippen molar-refractivity contribution in [1.29, 1.82) is 0 Å². The molecule has 0 aromatic carbocycles. The number of aliphatic carboxylic acids is 1. The van der Waals surface area contributed by atoms with Gasteiger partial charge in [-0.1, -0.05) is 19.8 Å².